The summed E-state index contributed by atoms with van der Waals surface area (Å²) in [6, 6.07) is 5.79. The molecule has 5 nitrogen and oxygen atoms in total. The van der Waals surface area contributed by atoms with Crippen molar-refractivity contribution in [2.75, 3.05) is 12.8 Å². The molecule has 0 aliphatic heterocycles. The summed E-state index contributed by atoms with van der Waals surface area (Å²) >= 11 is 0. The molecule has 2 N–H and O–H groups in total. The summed E-state index contributed by atoms with van der Waals surface area (Å²) in [5.74, 6) is 2.38. The number of benzene rings is 1. The van der Waals surface area contributed by atoms with Gasteiger partial charge in [0.1, 0.15) is 5.75 Å². The van der Waals surface area contributed by atoms with E-state index in [1.54, 1.807) is 7.11 Å². The van der Waals surface area contributed by atoms with Gasteiger partial charge in [0.05, 0.1) is 12.8 Å². The minimum Gasteiger partial charge on any atom is -0.495 e. The summed E-state index contributed by atoms with van der Waals surface area (Å²) in [5, 5.41) is 3.97. The summed E-state index contributed by atoms with van der Waals surface area (Å²) in [7, 11) is 1.61. The van der Waals surface area contributed by atoms with Gasteiger partial charge in [-0.3, -0.25) is 0 Å². The van der Waals surface area contributed by atoms with Crippen molar-refractivity contribution in [1.29, 1.82) is 0 Å². The Labute approximate surface area is 112 Å². The predicted molar refractivity (Wildman–Crippen MR) is 73.2 cm³/mol. The van der Waals surface area contributed by atoms with E-state index >= 15 is 0 Å². The lowest BCUT2D eigenvalue weighted by molar-refractivity contribution is 0.360. The van der Waals surface area contributed by atoms with Crippen LogP contribution in [0.5, 0.6) is 5.75 Å². The molecule has 0 amide bonds. The predicted octanol–water partition coefficient (Wildman–Crippen LogP) is 2.57. The molecular formula is C14H19N3O2. The van der Waals surface area contributed by atoms with Gasteiger partial charge in [-0.05, 0) is 24.1 Å². The van der Waals surface area contributed by atoms with E-state index < -0.39 is 0 Å². The Morgan fingerprint density at radius 1 is 1.32 bits per heavy atom. The molecule has 0 atom stereocenters. The quantitative estimate of drug-likeness (QED) is 0.837. The second-order valence-corrected chi connectivity index (χ2v) is 4.78. The van der Waals surface area contributed by atoms with Crippen LogP contribution in [0.2, 0.25) is 0 Å². The third-order valence-corrected chi connectivity index (χ3v) is 2.91. The minimum atomic E-state index is 0.262. The van der Waals surface area contributed by atoms with Crippen molar-refractivity contribution in [2.45, 2.75) is 32.6 Å². The Bertz CT molecular complexity index is 549. The van der Waals surface area contributed by atoms with Crippen LogP contribution in [-0.4, -0.2) is 17.3 Å². The van der Waals surface area contributed by atoms with Crippen molar-refractivity contribution < 1.29 is 9.26 Å². The molecule has 102 valence electrons. The number of aryl methyl sites for hydroxylation is 2. The number of hydrogen-bond acceptors (Lipinski definition) is 5. The molecule has 0 saturated heterocycles. The highest BCUT2D eigenvalue weighted by atomic mass is 16.5. The Morgan fingerprint density at radius 2 is 2.11 bits per heavy atom. The number of aromatic nitrogens is 2. The van der Waals surface area contributed by atoms with Crippen molar-refractivity contribution >= 4 is 5.69 Å². The number of rotatable bonds is 5. The number of nitrogens with two attached hydrogens (primary N) is 1. The van der Waals surface area contributed by atoms with Gasteiger partial charge < -0.3 is 15.0 Å². The first-order valence-electron chi connectivity index (χ1n) is 6.35. The molecule has 1 aromatic heterocycles. The largest absolute Gasteiger partial charge is 0.495 e. The second kappa shape index (κ2) is 5.73. The van der Waals surface area contributed by atoms with Gasteiger partial charge in [0.15, 0.2) is 5.82 Å². The molecule has 0 aliphatic rings. The van der Waals surface area contributed by atoms with E-state index in [1.165, 1.54) is 0 Å². The maximum Gasteiger partial charge on any atom is 0.229 e. The Balaban J connectivity index is 1.99. The van der Waals surface area contributed by atoms with Gasteiger partial charge in [-0.2, -0.15) is 4.98 Å². The second-order valence-electron chi connectivity index (χ2n) is 4.78. The van der Waals surface area contributed by atoms with Gasteiger partial charge >= 0.3 is 0 Å². The average molecular weight is 261 g/mol. The van der Waals surface area contributed by atoms with E-state index in [0.29, 0.717) is 17.3 Å². The fourth-order valence-corrected chi connectivity index (χ4v) is 1.80. The van der Waals surface area contributed by atoms with Gasteiger partial charge in [0, 0.05) is 12.3 Å². The standard InChI is InChI=1S/C14H19N3O2/c1-9(2)14-16-13(17-19-14)7-5-10-4-6-12(18-3)11(15)8-10/h4,6,8-9H,5,7,15H2,1-3H3. The van der Waals surface area contributed by atoms with Crippen LogP contribution in [0.4, 0.5) is 5.69 Å². The number of anilines is 1. The van der Waals surface area contributed by atoms with Crippen LogP contribution in [0, 0.1) is 0 Å². The summed E-state index contributed by atoms with van der Waals surface area (Å²) in [4.78, 5) is 4.35. The van der Waals surface area contributed by atoms with Crippen LogP contribution >= 0.6 is 0 Å². The van der Waals surface area contributed by atoms with Crippen LogP contribution in [0.15, 0.2) is 22.7 Å². The van der Waals surface area contributed by atoms with Gasteiger partial charge in [-0.25, -0.2) is 0 Å². The first kappa shape index (κ1) is 13.4. The average Bonchev–Trinajstić information content (AvgIpc) is 2.85. The number of hydrogen-bond donors (Lipinski definition) is 1. The van der Waals surface area contributed by atoms with E-state index in [2.05, 4.69) is 10.1 Å². The van der Waals surface area contributed by atoms with Crippen molar-refractivity contribution in [3.05, 3.63) is 35.5 Å². The highest BCUT2D eigenvalue weighted by Gasteiger charge is 2.10. The van der Waals surface area contributed by atoms with Crippen molar-refractivity contribution in [2.24, 2.45) is 0 Å². The highest BCUT2D eigenvalue weighted by Crippen LogP contribution is 2.22. The Kier molecular flexibility index (Phi) is 4.04. The molecule has 0 spiro atoms. The lowest BCUT2D eigenvalue weighted by atomic mass is 10.1. The third-order valence-electron chi connectivity index (χ3n) is 2.91. The van der Waals surface area contributed by atoms with Gasteiger partial charge in [-0.1, -0.05) is 25.1 Å². The molecule has 0 saturated carbocycles. The molecule has 19 heavy (non-hydrogen) atoms. The van der Waals surface area contributed by atoms with E-state index in [4.69, 9.17) is 15.0 Å². The normalized spacial score (nSPS) is 10.9. The van der Waals surface area contributed by atoms with Crippen molar-refractivity contribution in [3.63, 3.8) is 0 Å². The number of nitrogens with zero attached hydrogens (tertiary/aromatic N) is 2. The number of ether oxygens (including phenoxy) is 1. The number of methoxy groups -OCH3 is 1. The summed E-state index contributed by atoms with van der Waals surface area (Å²) < 4.78 is 10.3. The molecule has 2 rings (SSSR count). The Morgan fingerprint density at radius 3 is 2.68 bits per heavy atom. The monoisotopic (exact) mass is 261 g/mol. The van der Waals surface area contributed by atoms with Crippen LogP contribution in [0.25, 0.3) is 0 Å². The molecule has 2 aromatic rings. The van der Waals surface area contributed by atoms with Crippen molar-refractivity contribution in [3.8, 4) is 5.75 Å². The molecular weight excluding hydrogens is 242 g/mol. The maximum absolute atomic E-state index is 5.87. The van der Waals surface area contributed by atoms with E-state index in [0.717, 1.165) is 24.2 Å². The first-order valence-corrected chi connectivity index (χ1v) is 6.35. The molecule has 0 fully saturated rings. The lowest BCUT2D eigenvalue weighted by Crippen LogP contribution is -1.97. The summed E-state index contributed by atoms with van der Waals surface area (Å²) in [6.45, 7) is 4.06. The molecule has 0 aliphatic carbocycles. The molecule has 0 radical (unpaired) electrons. The zero-order valence-corrected chi connectivity index (χ0v) is 11.5. The SMILES string of the molecule is COc1ccc(CCc2noc(C(C)C)n2)cc1N. The van der Waals surface area contributed by atoms with Crippen LogP contribution in [0.1, 0.15) is 37.0 Å². The number of nitrogen functional groups attached to an aromatic ring is 1. The molecule has 0 bridgehead atoms. The molecule has 0 unspecified atom stereocenters. The maximum atomic E-state index is 5.87. The van der Waals surface area contributed by atoms with Gasteiger partial charge in [-0.15, -0.1) is 0 Å². The summed E-state index contributed by atoms with van der Waals surface area (Å²) in [6.07, 6.45) is 1.56. The zero-order valence-electron chi connectivity index (χ0n) is 11.5. The first-order chi connectivity index (χ1) is 9.10. The summed E-state index contributed by atoms with van der Waals surface area (Å²) in [5.41, 5.74) is 7.65. The van der Waals surface area contributed by atoms with E-state index in [9.17, 15) is 0 Å². The van der Waals surface area contributed by atoms with Crippen LogP contribution < -0.4 is 10.5 Å². The van der Waals surface area contributed by atoms with E-state index in [1.807, 2.05) is 32.0 Å². The van der Waals surface area contributed by atoms with Crippen LogP contribution in [-0.2, 0) is 12.8 Å². The lowest BCUT2D eigenvalue weighted by Gasteiger charge is -2.06. The van der Waals surface area contributed by atoms with Crippen molar-refractivity contribution in [1.82, 2.24) is 10.1 Å². The molecule has 1 aromatic carbocycles. The zero-order chi connectivity index (χ0) is 13.8. The van der Waals surface area contributed by atoms with Crippen LogP contribution in [0.3, 0.4) is 0 Å². The highest BCUT2D eigenvalue weighted by molar-refractivity contribution is 5.54. The van der Waals surface area contributed by atoms with Gasteiger partial charge in [0.2, 0.25) is 5.89 Å². The van der Waals surface area contributed by atoms with E-state index in [-0.39, 0.29) is 5.92 Å². The molecule has 5 heteroatoms. The third kappa shape index (κ3) is 3.24. The Hall–Kier alpha value is -2.04. The fraction of sp³-hybridized carbons (Fsp3) is 0.429. The molecule has 1 heterocycles. The van der Waals surface area contributed by atoms with Gasteiger partial charge in [0.25, 0.3) is 0 Å². The fourth-order valence-electron chi connectivity index (χ4n) is 1.80. The topological polar surface area (TPSA) is 74.2 Å². The smallest absolute Gasteiger partial charge is 0.229 e. The minimum absolute atomic E-state index is 0.262.